The maximum Gasteiger partial charge on any atom is 0.321 e. The van der Waals surface area contributed by atoms with Gasteiger partial charge in [0.25, 0.3) is 0 Å². The van der Waals surface area contributed by atoms with Gasteiger partial charge in [0.2, 0.25) is 10.0 Å². The van der Waals surface area contributed by atoms with Crippen LogP contribution < -0.4 is 10.5 Å². The lowest BCUT2D eigenvalue weighted by Crippen LogP contribution is -2.40. The number of nitrogens with two attached hydrogens (primary N) is 1. The van der Waals surface area contributed by atoms with E-state index in [0.717, 1.165) is 6.42 Å². The predicted octanol–water partition coefficient (Wildman–Crippen LogP) is 0.487. The fourth-order valence-electron chi connectivity index (χ4n) is 1.60. The van der Waals surface area contributed by atoms with Gasteiger partial charge >= 0.3 is 5.97 Å². The molecule has 0 spiro atoms. The molecule has 1 aromatic heterocycles. The molecule has 1 atom stereocenters. The summed E-state index contributed by atoms with van der Waals surface area (Å²) in [5.41, 5.74) is 5.41. The summed E-state index contributed by atoms with van der Waals surface area (Å²) in [5, 5.41) is 12.3. The zero-order chi connectivity index (χ0) is 14.6. The Balaban J connectivity index is 2.98. The van der Waals surface area contributed by atoms with Gasteiger partial charge in [-0.05, 0) is 13.3 Å². The van der Waals surface area contributed by atoms with Crippen LogP contribution in [0.4, 0.5) is 5.82 Å². The number of hydrogen-bond donors (Lipinski definition) is 3. The molecule has 4 N–H and O–H groups in total. The second kappa shape index (κ2) is 6.02. The lowest BCUT2D eigenvalue weighted by molar-refractivity contribution is -0.139. The molecule has 0 saturated heterocycles. The van der Waals surface area contributed by atoms with Crippen LogP contribution in [-0.4, -0.2) is 30.7 Å². The third-order valence-electron chi connectivity index (χ3n) is 2.54. The number of aliphatic carboxylic acids is 1. The summed E-state index contributed by atoms with van der Waals surface area (Å²) in [4.78, 5) is 10.7. The Hall–Kier alpha value is -1.61. The SMILES string of the molecule is CCCC[C@H](NS(=O)(=O)c1c(N)noc1C)C(=O)O. The van der Waals surface area contributed by atoms with E-state index in [0.29, 0.717) is 6.42 Å². The summed E-state index contributed by atoms with van der Waals surface area (Å²) in [6, 6.07) is -1.20. The zero-order valence-corrected chi connectivity index (χ0v) is 11.5. The molecule has 8 nitrogen and oxygen atoms in total. The summed E-state index contributed by atoms with van der Waals surface area (Å²) >= 11 is 0. The molecule has 0 fully saturated rings. The van der Waals surface area contributed by atoms with Gasteiger partial charge in [-0.15, -0.1) is 0 Å². The van der Waals surface area contributed by atoms with Gasteiger partial charge in [0.05, 0.1) is 0 Å². The molecule has 0 unspecified atom stereocenters. The minimum absolute atomic E-state index is 0.0182. The van der Waals surface area contributed by atoms with E-state index < -0.39 is 22.0 Å². The predicted molar refractivity (Wildman–Crippen MR) is 66.9 cm³/mol. The Morgan fingerprint density at radius 3 is 2.63 bits per heavy atom. The van der Waals surface area contributed by atoms with Gasteiger partial charge in [-0.25, -0.2) is 8.42 Å². The molecule has 1 aromatic rings. The van der Waals surface area contributed by atoms with Crippen molar-refractivity contribution >= 4 is 21.8 Å². The van der Waals surface area contributed by atoms with Crippen LogP contribution in [0.2, 0.25) is 0 Å². The average molecular weight is 291 g/mol. The normalized spacial score (nSPS) is 13.4. The van der Waals surface area contributed by atoms with Gasteiger partial charge in [-0.1, -0.05) is 24.9 Å². The van der Waals surface area contributed by atoms with Gasteiger partial charge in [0.15, 0.2) is 16.5 Å². The number of nitrogens with zero attached hydrogens (tertiary/aromatic N) is 1. The highest BCUT2D eigenvalue weighted by molar-refractivity contribution is 7.89. The number of aromatic nitrogens is 1. The van der Waals surface area contributed by atoms with Gasteiger partial charge < -0.3 is 15.4 Å². The van der Waals surface area contributed by atoms with Crippen LogP contribution in [0.1, 0.15) is 31.9 Å². The van der Waals surface area contributed by atoms with E-state index in [9.17, 15) is 13.2 Å². The molecule has 1 rings (SSSR count). The van der Waals surface area contributed by atoms with E-state index in [1.54, 1.807) is 0 Å². The van der Waals surface area contributed by atoms with Crippen LogP contribution in [0.25, 0.3) is 0 Å². The molecular weight excluding hydrogens is 274 g/mol. The Labute approximate surface area is 111 Å². The van der Waals surface area contributed by atoms with Gasteiger partial charge in [-0.2, -0.15) is 4.72 Å². The minimum Gasteiger partial charge on any atom is -0.480 e. The fraction of sp³-hybridized carbons (Fsp3) is 0.600. The number of nitrogen functional groups attached to an aromatic ring is 1. The first-order valence-electron chi connectivity index (χ1n) is 5.76. The van der Waals surface area contributed by atoms with Crippen LogP contribution >= 0.6 is 0 Å². The summed E-state index contributed by atoms with van der Waals surface area (Å²) < 4.78 is 30.9. The summed E-state index contributed by atoms with van der Waals surface area (Å²) in [5.74, 6) is -1.50. The molecule has 0 aliphatic carbocycles. The molecule has 1 heterocycles. The van der Waals surface area contributed by atoms with Crippen molar-refractivity contribution in [3.63, 3.8) is 0 Å². The summed E-state index contributed by atoms with van der Waals surface area (Å²) in [7, 11) is -4.07. The van der Waals surface area contributed by atoms with Crippen molar-refractivity contribution in [3.8, 4) is 0 Å². The van der Waals surface area contributed by atoms with Gasteiger partial charge in [0.1, 0.15) is 6.04 Å². The summed E-state index contributed by atoms with van der Waals surface area (Å²) in [6.07, 6.45) is 1.56. The third-order valence-corrected chi connectivity index (χ3v) is 4.17. The van der Waals surface area contributed by atoms with Crippen molar-refractivity contribution < 1.29 is 22.8 Å². The van der Waals surface area contributed by atoms with Crippen LogP contribution in [-0.2, 0) is 14.8 Å². The molecule has 108 valence electrons. The number of carboxylic acid groups (broad SMARTS) is 1. The van der Waals surface area contributed by atoms with E-state index >= 15 is 0 Å². The Kier molecular flexibility index (Phi) is 4.90. The lowest BCUT2D eigenvalue weighted by Gasteiger charge is -2.13. The van der Waals surface area contributed by atoms with Crippen LogP contribution in [0.3, 0.4) is 0 Å². The number of rotatable bonds is 7. The largest absolute Gasteiger partial charge is 0.480 e. The smallest absolute Gasteiger partial charge is 0.321 e. The van der Waals surface area contributed by atoms with Crippen molar-refractivity contribution in [1.29, 1.82) is 0 Å². The van der Waals surface area contributed by atoms with Gasteiger partial charge in [-0.3, -0.25) is 4.79 Å². The first-order valence-corrected chi connectivity index (χ1v) is 7.24. The van der Waals surface area contributed by atoms with Crippen molar-refractivity contribution in [2.24, 2.45) is 0 Å². The monoisotopic (exact) mass is 291 g/mol. The van der Waals surface area contributed by atoms with Crippen molar-refractivity contribution in [2.45, 2.75) is 44.0 Å². The van der Waals surface area contributed by atoms with E-state index in [2.05, 4.69) is 14.4 Å². The van der Waals surface area contributed by atoms with E-state index in [-0.39, 0.29) is 22.9 Å². The van der Waals surface area contributed by atoms with Crippen LogP contribution in [0.15, 0.2) is 9.42 Å². The number of sulfonamides is 1. The quantitative estimate of drug-likeness (QED) is 0.665. The molecule has 0 radical (unpaired) electrons. The molecule has 0 aliphatic rings. The molecule has 0 aromatic carbocycles. The number of carbonyl (C=O) groups is 1. The number of anilines is 1. The maximum atomic E-state index is 12.1. The molecular formula is C10H17N3O5S. The number of nitrogens with one attached hydrogen (secondary N) is 1. The van der Waals surface area contributed by atoms with Crippen LogP contribution in [0, 0.1) is 6.92 Å². The molecule has 0 aliphatic heterocycles. The van der Waals surface area contributed by atoms with E-state index in [4.69, 9.17) is 10.8 Å². The average Bonchev–Trinajstić information content (AvgIpc) is 2.64. The Bertz CT molecular complexity index is 532. The highest BCUT2D eigenvalue weighted by Crippen LogP contribution is 2.21. The third kappa shape index (κ3) is 3.67. The van der Waals surface area contributed by atoms with E-state index in [1.165, 1.54) is 6.92 Å². The standard InChI is InChI=1S/C10H17N3O5S/c1-3-4-5-7(10(14)15)13-19(16,17)8-6(2)18-12-9(8)11/h7,13H,3-5H2,1-2H3,(H2,11,12)(H,14,15)/t7-/m0/s1. The molecule has 0 saturated carbocycles. The highest BCUT2D eigenvalue weighted by atomic mass is 32.2. The number of carboxylic acids is 1. The molecule has 0 bridgehead atoms. The second-order valence-corrected chi connectivity index (χ2v) is 5.76. The first kappa shape index (κ1) is 15.4. The highest BCUT2D eigenvalue weighted by Gasteiger charge is 2.30. The number of hydrogen-bond acceptors (Lipinski definition) is 6. The van der Waals surface area contributed by atoms with Crippen molar-refractivity contribution in [1.82, 2.24) is 9.88 Å². The molecule has 19 heavy (non-hydrogen) atoms. The van der Waals surface area contributed by atoms with E-state index in [1.807, 2.05) is 6.92 Å². The zero-order valence-electron chi connectivity index (χ0n) is 10.7. The topological polar surface area (TPSA) is 136 Å². The van der Waals surface area contributed by atoms with Gasteiger partial charge in [0, 0.05) is 0 Å². The maximum absolute atomic E-state index is 12.1. The minimum atomic E-state index is -4.07. The van der Waals surface area contributed by atoms with Crippen molar-refractivity contribution in [2.75, 3.05) is 5.73 Å². The molecule has 0 amide bonds. The number of unbranched alkanes of at least 4 members (excludes halogenated alkanes) is 1. The van der Waals surface area contributed by atoms with Crippen LogP contribution in [0.5, 0.6) is 0 Å². The summed E-state index contributed by atoms with van der Waals surface area (Å²) in [6.45, 7) is 3.27. The van der Waals surface area contributed by atoms with Crippen molar-refractivity contribution in [3.05, 3.63) is 5.76 Å². The number of aryl methyl sites for hydroxylation is 1. The second-order valence-electron chi connectivity index (χ2n) is 4.11. The lowest BCUT2D eigenvalue weighted by atomic mass is 10.1. The Morgan fingerprint density at radius 1 is 1.58 bits per heavy atom. The first-order chi connectivity index (χ1) is 8.79. The Morgan fingerprint density at radius 2 is 2.21 bits per heavy atom. The molecule has 9 heteroatoms. The fourth-order valence-corrected chi connectivity index (χ4v) is 3.03.